The van der Waals surface area contributed by atoms with Gasteiger partial charge in [-0.2, -0.15) is 0 Å². The van der Waals surface area contributed by atoms with E-state index < -0.39 is 11.9 Å². The van der Waals surface area contributed by atoms with Crippen LogP contribution >= 0.6 is 15.9 Å². The summed E-state index contributed by atoms with van der Waals surface area (Å²) in [5, 5.41) is 6.36. The molecule has 206 valence electrons. The monoisotopic (exact) mass is 606 g/mol. The molecule has 4 heterocycles. The number of nitrogens with one attached hydrogen (secondary N) is 1. The van der Waals surface area contributed by atoms with Gasteiger partial charge in [-0.3, -0.25) is 24.5 Å². The zero-order chi connectivity index (χ0) is 27.8. The summed E-state index contributed by atoms with van der Waals surface area (Å²) in [6, 6.07) is 13.7. The van der Waals surface area contributed by atoms with E-state index in [4.69, 9.17) is 9.26 Å². The lowest BCUT2D eigenvalue weighted by atomic mass is 10.0. The number of halogens is 1. The second-order valence-electron chi connectivity index (χ2n) is 10.3. The summed E-state index contributed by atoms with van der Waals surface area (Å²) in [6.07, 6.45) is 3.21. The molecule has 3 aliphatic heterocycles. The molecule has 1 aromatic heterocycles. The van der Waals surface area contributed by atoms with Gasteiger partial charge >= 0.3 is 0 Å². The van der Waals surface area contributed by atoms with Gasteiger partial charge in [-0.05, 0) is 61.6 Å². The molecule has 3 aliphatic rings. The van der Waals surface area contributed by atoms with E-state index in [2.05, 4.69) is 26.4 Å². The lowest BCUT2D eigenvalue weighted by molar-refractivity contribution is -0.136. The normalized spacial score (nSPS) is 20.9. The summed E-state index contributed by atoms with van der Waals surface area (Å²) < 4.78 is 12.5. The minimum atomic E-state index is -0.662. The third-order valence-corrected chi connectivity index (χ3v) is 8.21. The van der Waals surface area contributed by atoms with Gasteiger partial charge in [0, 0.05) is 41.2 Å². The smallest absolute Gasteiger partial charge is 0.276 e. The average Bonchev–Trinajstić information content (AvgIpc) is 3.57. The maximum atomic E-state index is 13.4. The van der Waals surface area contributed by atoms with Gasteiger partial charge in [0.1, 0.15) is 18.4 Å². The molecular weight excluding hydrogens is 580 g/mol. The van der Waals surface area contributed by atoms with Crippen molar-refractivity contribution in [3.05, 3.63) is 69.8 Å². The molecule has 1 N–H and O–H groups in total. The molecule has 0 spiro atoms. The van der Waals surface area contributed by atoms with Gasteiger partial charge < -0.3 is 19.1 Å². The molecule has 10 nitrogen and oxygen atoms in total. The summed E-state index contributed by atoms with van der Waals surface area (Å²) in [5.74, 6) is -0.0553. The van der Waals surface area contributed by atoms with E-state index in [-0.39, 0.29) is 42.4 Å². The Hall–Kier alpha value is -3.99. The van der Waals surface area contributed by atoms with Crippen molar-refractivity contribution in [2.75, 3.05) is 13.2 Å². The lowest BCUT2D eigenvalue weighted by Crippen LogP contribution is -2.52. The van der Waals surface area contributed by atoms with Crippen molar-refractivity contribution in [3.8, 4) is 17.1 Å². The topological polar surface area (TPSA) is 122 Å². The highest BCUT2D eigenvalue weighted by molar-refractivity contribution is 9.10. The highest BCUT2D eigenvalue weighted by Gasteiger charge is 2.39. The van der Waals surface area contributed by atoms with Crippen LogP contribution in [0.4, 0.5) is 0 Å². The van der Waals surface area contributed by atoms with Crippen LogP contribution in [0.15, 0.2) is 57.5 Å². The first-order valence-corrected chi connectivity index (χ1v) is 14.1. The van der Waals surface area contributed by atoms with E-state index in [0.29, 0.717) is 36.6 Å². The summed E-state index contributed by atoms with van der Waals surface area (Å²) in [7, 11) is 0. The first-order chi connectivity index (χ1) is 19.4. The largest absolute Gasteiger partial charge is 0.491 e. The predicted octanol–water partition coefficient (Wildman–Crippen LogP) is 3.94. The highest BCUT2D eigenvalue weighted by atomic mass is 79.9. The average molecular weight is 607 g/mol. The molecule has 0 bridgehead atoms. The van der Waals surface area contributed by atoms with Crippen LogP contribution in [0, 0.1) is 0 Å². The molecule has 1 unspecified atom stereocenters. The number of carbonyl (C=O) groups excluding carboxylic acids is 4. The van der Waals surface area contributed by atoms with E-state index in [9.17, 15) is 19.2 Å². The first kappa shape index (κ1) is 26.2. The minimum Gasteiger partial charge on any atom is -0.491 e. The zero-order valence-corrected chi connectivity index (χ0v) is 23.2. The van der Waals surface area contributed by atoms with Gasteiger partial charge in [-0.15, -0.1) is 0 Å². The Morgan fingerprint density at radius 2 is 1.90 bits per heavy atom. The van der Waals surface area contributed by atoms with Crippen LogP contribution in [0.5, 0.6) is 5.75 Å². The number of rotatable bonds is 6. The van der Waals surface area contributed by atoms with Crippen molar-refractivity contribution in [2.24, 2.45) is 0 Å². The summed E-state index contributed by atoms with van der Waals surface area (Å²) in [6.45, 7) is 1.18. The lowest BCUT2D eigenvalue weighted by Gasteiger charge is -2.35. The number of hydrogen-bond donors (Lipinski definition) is 1. The van der Waals surface area contributed by atoms with Crippen molar-refractivity contribution >= 4 is 39.6 Å². The third kappa shape index (κ3) is 5.13. The van der Waals surface area contributed by atoms with Gasteiger partial charge in [0.15, 0.2) is 11.5 Å². The van der Waals surface area contributed by atoms with Crippen LogP contribution in [-0.2, 0) is 16.1 Å². The Morgan fingerprint density at radius 3 is 2.70 bits per heavy atom. The maximum absolute atomic E-state index is 13.4. The fourth-order valence-corrected chi connectivity index (χ4v) is 5.81. The van der Waals surface area contributed by atoms with Crippen LogP contribution in [0.2, 0.25) is 0 Å². The molecule has 2 fully saturated rings. The number of carbonyl (C=O) groups is 4. The molecule has 0 radical (unpaired) electrons. The third-order valence-electron chi connectivity index (χ3n) is 7.68. The second kappa shape index (κ2) is 10.9. The molecule has 2 aromatic carbocycles. The molecule has 3 aromatic rings. The van der Waals surface area contributed by atoms with E-state index in [1.807, 2.05) is 30.3 Å². The van der Waals surface area contributed by atoms with Crippen LogP contribution < -0.4 is 10.1 Å². The standard InChI is InChI=1S/C29H27BrN4O6/c30-19-6-4-17(5-7-19)25-14-23(32-40-25)29(38)33-12-2-1-3-20(33)16-39-21-8-9-22-18(13-21)15-34(28(22)37)24-10-11-26(35)31-27(24)36/h4-9,13-14,20,24H,1-3,10-12,15-16H2,(H,31,35,36)/t20-,24?/m1/s1. The number of ether oxygens (including phenoxy) is 1. The summed E-state index contributed by atoms with van der Waals surface area (Å²) in [4.78, 5) is 53.5. The zero-order valence-electron chi connectivity index (χ0n) is 21.6. The molecule has 4 amide bonds. The number of fused-ring (bicyclic) bond motifs is 1. The molecule has 11 heteroatoms. The van der Waals surface area contributed by atoms with Crippen LogP contribution in [0.25, 0.3) is 11.3 Å². The van der Waals surface area contributed by atoms with Gasteiger partial charge in [0.2, 0.25) is 11.8 Å². The van der Waals surface area contributed by atoms with Gasteiger partial charge in [-0.1, -0.05) is 33.2 Å². The molecular formula is C29H27BrN4O6. The van der Waals surface area contributed by atoms with Crippen LogP contribution in [-0.4, -0.2) is 63.8 Å². The minimum absolute atomic E-state index is 0.135. The Kier molecular flexibility index (Phi) is 7.14. The Balaban J connectivity index is 1.11. The fourth-order valence-electron chi connectivity index (χ4n) is 5.55. The van der Waals surface area contributed by atoms with Crippen LogP contribution in [0.1, 0.15) is 58.5 Å². The number of benzene rings is 2. The van der Waals surface area contributed by atoms with Crippen molar-refractivity contribution in [1.29, 1.82) is 0 Å². The van der Waals surface area contributed by atoms with Gasteiger partial charge in [0.05, 0.1) is 6.04 Å². The molecule has 2 atom stereocenters. The number of aromatic nitrogens is 1. The molecule has 2 saturated heterocycles. The van der Waals surface area contributed by atoms with Crippen molar-refractivity contribution < 1.29 is 28.4 Å². The van der Waals surface area contributed by atoms with Gasteiger partial charge in [0.25, 0.3) is 11.8 Å². The highest BCUT2D eigenvalue weighted by Crippen LogP contribution is 2.31. The van der Waals surface area contributed by atoms with Crippen LogP contribution in [0.3, 0.4) is 0 Å². The number of amides is 4. The SMILES string of the molecule is O=C1CCC(N2Cc3cc(OC[C@H]4CCCCN4C(=O)c4cc(-c5ccc(Br)cc5)on4)ccc3C2=O)C(=O)N1. The van der Waals surface area contributed by atoms with Crippen molar-refractivity contribution in [3.63, 3.8) is 0 Å². The Bertz CT molecular complexity index is 1490. The van der Waals surface area contributed by atoms with Crippen molar-refractivity contribution in [2.45, 2.75) is 50.7 Å². The summed E-state index contributed by atoms with van der Waals surface area (Å²) in [5.41, 5.74) is 2.39. The molecule has 0 saturated carbocycles. The fraction of sp³-hybridized carbons (Fsp3) is 0.345. The number of hydrogen-bond acceptors (Lipinski definition) is 7. The Morgan fingerprint density at radius 1 is 1.07 bits per heavy atom. The molecule has 0 aliphatic carbocycles. The first-order valence-electron chi connectivity index (χ1n) is 13.3. The number of nitrogens with zero attached hydrogens (tertiary/aromatic N) is 3. The van der Waals surface area contributed by atoms with E-state index in [0.717, 1.165) is 34.9 Å². The summed E-state index contributed by atoms with van der Waals surface area (Å²) >= 11 is 3.42. The van der Waals surface area contributed by atoms with E-state index in [1.54, 1.807) is 23.1 Å². The van der Waals surface area contributed by atoms with Crippen molar-refractivity contribution in [1.82, 2.24) is 20.3 Å². The quantitative estimate of drug-likeness (QED) is 0.422. The second-order valence-corrected chi connectivity index (χ2v) is 11.2. The van der Waals surface area contributed by atoms with Gasteiger partial charge in [-0.25, -0.2) is 0 Å². The van der Waals surface area contributed by atoms with E-state index in [1.165, 1.54) is 4.90 Å². The Labute approximate surface area is 238 Å². The maximum Gasteiger partial charge on any atom is 0.276 e. The number of likely N-dealkylation sites (tertiary alicyclic amines) is 1. The number of imide groups is 1. The molecule has 6 rings (SSSR count). The number of piperidine rings is 2. The molecule has 40 heavy (non-hydrogen) atoms. The predicted molar refractivity (Wildman–Crippen MR) is 146 cm³/mol. The van der Waals surface area contributed by atoms with E-state index >= 15 is 0 Å².